The van der Waals surface area contributed by atoms with Gasteiger partial charge < -0.3 is 14.8 Å². The zero-order valence-corrected chi connectivity index (χ0v) is 16.5. The fourth-order valence-electron chi connectivity index (χ4n) is 2.78. The lowest BCUT2D eigenvalue weighted by Crippen LogP contribution is -2.14. The molecule has 0 radical (unpaired) electrons. The summed E-state index contributed by atoms with van der Waals surface area (Å²) in [7, 11) is 3.15. The van der Waals surface area contributed by atoms with E-state index in [1.54, 1.807) is 11.8 Å². The molecule has 0 bridgehead atoms. The number of nitrogens with zero attached hydrogens (tertiary/aromatic N) is 3. The maximum Gasteiger partial charge on any atom is 0.336 e. The Morgan fingerprint density at radius 1 is 1.11 bits per heavy atom. The minimum absolute atomic E-state index is 0.0151. The quantitative estimate of drug-likeness (QED) is 0.672. The molecule has 0 atom stereocenters. The van der Waals surface area contributed by atoms with Crippen LogP contribution in [0.4, 0.5) is 5.69 Å². The molecule has 2 aromatic carbocycles. The smallest absolute Gasteiger partial charge is 0.336 e. The van der Waals surface area contributed by atoms with Gasteiger partial charge in [0, 0.05) is 17.7 Å². The number of hydrogen-bond donors (Lipinski definition) is 1. The molecule has 0 aliphatic heterocycles. The van der Waals surface area contributed by atoms with E-state index in [1.807, 2.05) is 62.4 Å². The largest absolute Gasteiger partial charge is 0.497 e. The van der Waals surface area contributed by atoms with Gasteiger partial charge >= 0.3 is 6.01 Å². The normalized spacial score (nSPS) is 10.8. The van der Waals surface area contributed by atoms with Crippen LogP contribution in [0.15, 0.2) is 48.5 Å². The van der Waals surface area contributed by atoms with Crippen LogP contribution in [0.5, 0.6) is 11.8 Å². The summed E-state index contributed by atoms with van der Waals surface area (Å²) in [6.45, 7) is 4.03. The molecule has 7 nitrogen and oxygen atoms in total. The summed E-state index contributed by atoms with van der Waals surface area (Å²) in [4.78, 5) is 16.6. The summed E-state index contributed by atoms with van der Waals surface area (Å²) in [6, 6.07) is 15.3. The third-order valence-corrected chi connectivity index (χ3v) is 4.09. The summed E-state index contributed by atoms with van der Waals surface area (Å²) in [5.41, 5.74) is 2.34. The van der Waals surface area contributed by atoms with Gasteiger partial charge in [-0.1, -0.05) is 19.9 Å². The summed E-state index contributed by atoms with van der Waals surface area (Å²) in [6.07, 6.45) is 0.471. The Labute approximate surface area is 164 Å². The van der Waals surface area contributed by atoms with Crippen molar-refractivity contribution in [2.24, 2.45) is 5.92 Å². The topological polar surface area (TPSA) is 78.3 Å². The molecule has 1 heterocycles. The summed E-state index contributed by atoms with van der Waals surface area (Å²) < 4.78 is 12.1. The number of hydrogen-bond acceptors (Lipinski definition) is 5. The minimum atomic E-state index is -0.0151. The Morgan fingerprint density at radius 3 is 2.50 bits per heavy atom. The molecule has 0 saturated carbocycles. The highest BCUT2D eigenvalue weighted by atomic mass is 16.5. The summed E-state index contributed by atoms with van der Waals surface area (Å²) in [5, 5.41) is 7.36. The maximum absolute atomic E-state index is 12.1. The van der Waals surface area contributed by atoms with Crippen molar-refractivity contribution in [3.63, 3.8) is 0 Å². The van der Waals surface area contributed by atoms with E-state index in [2.05, 4.69) is 15.4 Å². The molecule has 146 valence electrons. The molecular weight excluding hydrogens is 356 g/mol. The van der Waals surface area contributed by atoms with Gasteiger partial charge in [-0.25, -0.2) is 4.68 Å². The monoisotopic (exact) mass is 380 g/mol. The lowest BCUT2D eigenvalue weighted by atomic mass is 10.1. The van der Waals surface area contributed by atoms with Gasteiger partial charge in [-0.15, -0.1) is 5.10 Å². The summed E-state index contributed by atoms with van der Waals surface area (Å²) in [5.74, 6) is 1.67. The number of amides is 1. The Balaban J connectivity index is 1.95. The van der Waals surface area contributed by atoms with Crippen molar-refractivity contribution in [2.45, 2.75) is 20.3 Å². The van der Waals surface area contributed by atoms with Crippen LogP contribution in [0.2, 0.25) is 0 Å². The van der Waals surface area contributed by atoms with Gasteiger partial charge in [0.2, 0.25) is 5.91 Å². The fraction of sp³-hybridized carbons (Fsp3) is 0.286. The molecule has 0 fully saturated rings. The Hall–Kier alpha value is -3.35. The molecule has 0 saturated heterocycles. The van der Waals surface area contributed by atoms with Crippen molar-refractivity contribution in [3.05, 3.63) is 48.5 Å². The first-order valence-electron chi connectivity index (χ1n) is 9.06. The Morgan fingerprint density at radius 2 is 1.86 bits per heavy atom. The maximum atomic E-state index is 12.1. The zero-order chi connectivity index (χ0) is 20.1. The van der Waals surface area contributed by atoms with Crippen LogP contribution < -0.4 is 14.8 Å². The van der Waals surface area contributed by atoms with Crippen molar-refractivity contribution in [1.29, 1.82) is 0 Å². The van der Waals surface area contributed by atoms with E-state index in [0.717, 1.165) is 17.0 Å². The van der Waals surface area contributed by atoms with Crippen LogP contribution in [0.25, 0.3) is 17.1 Å². The first-order valence-corrected chi connectivity index (χ1v) is 9.06. The fourth-order valence-corrected chi connectivity index (χ4v) is 2.78. The van der Waals surface area contributed by atoms with Crippen molar-refractivity contribution in [1.82, 2.24) is 14.8 Å². The molecule has 1 amide bonds. The van der Waals surface area contributed by atoms with Gasteiger partial charge in [0.25, 0.3) is 0 Å². The van der Waals surface area contributed by atoms with E-state index in [1.165, 1.54) is 7.11 Å². The number of benzene rings is 2. The van der Waals surface area contributed by atoms with Crippen LogP contribution in [0.1, 0.15) is 20.3 Å². The number of nitrogens with one attached hydrogen (secondary N) is 1. The average molecular weight is 380 g/mol. The lowest BCUT2D eigenvalue weighted by molar-refractivity contribution is -0.116. The SMILES string of the molecule is COc1ccc(-c2nc(OC)nn2-c2cccc(NC(=O)CC(C)C)c2)cc1. The number of ether oxygens (including phenoxy) is 2. The van der Waals surface area contributed by atoms with Gasteiger partial charge in [0.15, 0.2) is 5.82 Å². The Kier molecular flexibility index (Phi) is 5.93. The number of rotatable bonds is 7. The van der Waals surface area contributed by atoms with Crippen molar-refractivity contribution in [3.8, 4) is 28.8 Å². The van der Waals surface area contributed by atoms with Crippen LogP contribution >= 0.6 is 0 Å². The van der Waals surface area contributed by atoms with Crippen molar-refractivity contribution >= 4 is 11.6 Å². The predicted octanol–water partition coefficient (Wildman–Crippen LogP) is 3.94. The standard InChI is InChI=1S/C21H24N4O3/c1-14(2)12-19(26)22-16-6-5-7-17(13-16)25-20(23-21(24-25)28-4)15-8-10-18(27-3)11-9-15/h5-11,13-14H,12H2,1-4H3,(H,22,26). The molecule has 0 unspecified atom stereocenters. The summed E-state index contributed by atoms with van der Waals surface area (Å²) >= 11 is 0. The van der Waals surface area contributed by atoms with E-state index in [0.29, 0.717) is 23.9 Å². The average Bonchev–Trinajstić information content (AvgIpc) is 3.12. The molecule has 1 aromatic heterocycles. The van der Waals surface area contributed by atoms with Crippen LogP contribution in [-0.2, 0) is 4.79 Å². The van der Waals surface area contributed by atoms with Gasteiger partial charge in [-0.05, 0) is 48.4 Å². The molecule has 3 rings (SSSR count). The minimum Gasteiger partial charge on any atom is -0.497 e. The third-order valence-electron chi connectivity index (χ3n) is 4.09. The van der Waals surface area contributed by atoms with Crippen molar-refractivity contribution in [2.75, 3.05) is 19.5 Å². The molecule has 0 spiro atoms. The van der Waals surface area contributed by atoms with Gasteiger partial charge in [0.1, 0.15) is 5.75 Å². The van der Waals surface area contributed by atoms with Gasteiger partial charge in [-0.2, -0.15) is 4.98 Å². The van der Waals surface area contributed by atoms with E-state index >= 15 is 0 Å². The van der Waals surface area contributed by atoms with E-state index in [9.17, 15) is 4.79 Å². The number of aromatic nitrogens is 3. The zero-order valence-electron chi connectivity index (χ0n) is 16.5. The molecule has 1 N–H and O–H groups in total. The Bertz CT molecular complexity index is 949. The number of carbonyl (C=O) groups is 1. The highest BCUT2D eigenvalue weighted by Gasteiger charge is 2.15. The molecule has 28 heavy (non-hydrogen) atoms. The molecule has 3 aromatic rings. The third kappa shape index (κ3) is 4.49. The molecule has 0 aliphatic rings. The highest BCUT2D eigenvalue weighted by Crippen LogP contribution is 2.26. The number of methoxy groups -OCH3 is 2. The first-order chi connectivity index (χ1) is 13.5. The molecular formula is C21H24N4O3. The van der Waals surface area contributed by atoms with Gasteiger partial charge in [-0.3, -0.25) is 4.79 Å². The molecule has 0 aliphatic carbocycles. The second kappa shape index (κ2) is 8.56. The van der Waals surface area contributed by atoms with Crippen LogP contribution in [-0.4, -0.2) is 34.9 Å². The van der Waals surface area contributed by atoms with E-state index < -0.39 is 0 Å². The lowest BCUT2D eigenvalue weighted by Gasteiger charge is -2.10. The predicted molar refractivity (Wildman–Crippen MR) is 108 cm³/mol. The number of carbonyl (C=O) groups excluding carboxylic acids is 1. The van der Waals surface area contributed by atoms with Crippen molar-refractivity contribution < 1.29 is 14.3 Å². The van der Waals surface area contributed by atoms with Crippen LogP contribution in [0.3, 0.4) is 0 Å². The van der Waals surface area contributed by atoms with E-state index in [-0.39, 0.29) is 11.9 Å². The molecule has 7 heteroatoms. The van der Waals surface area contributed by atoms with Gasteiger partial charge in [0.05, 0.1) is 19.9 Å². The number of anilines is 1. The first kappa shape index (κ1) is 19.4. The highest BCUT2D eigenvalue weighted by molar-refractivity contribution is 5.91. The second-order valence-electron chi connectivity index (χ2n) is 6.76. The van der Waals surface area contributed by atoms with Crippen LogP contribution in [0, 0.1) is 5.92 Å². The van der Waals surface area contributed by atoms with E-state index in [4.69, 9.17) is 9.47 Å². The second-order valence-corrected chi connectivity index (χ2v) is 6.76.